The Kier molecular flexibility index (Phi) is 5.24. The Morgan fingerprint density at radius 1 is 1.27 bits per heavy atom. The standard InChI is InChI=1S/C16H23NO4S/c1-3-12(2)13-4-6-15(7-5-13)22(20,21)17-10-8-14(9-11-17)16(18)19/h4-7,12,14H,3,8-11H2,1-2H3,(H,18,19)/t12-/m0/s1. The number of nitrogens with zero attached hydrogens (tertiary/aromatic N) is 1. The van der Waals surface area contributed by atoms with Crippen molar-refractivity contribution in [1.82, 2.24) is 4.31 Å². The molecule has 1 aromatic carbocycles. The molecule has 0 radical (unpaired) electrons. The molecule has 1 saturated heterocycles. The fourth-order valence-electron chi connectivity index (χ4n) is 2.70. The molecule has 1 heterocycles. The highest BCUT2D eigenvalue weighted by Crippen LogP contribution is 2.26. The number of hydrogen-bond acceptors (Lipinski definition) is 3. The van der Waals surface area contributed by atoms with Crippen LogP contribution in [0, 0.1) is 5.92 Å². The molecule has 0 aliphatic carbocycles. The van der Waals surface area contributed by atoms with Gasteiger partial charge in [0.05, 0.1) is 10.8 Å². The lowest BCUT2D eigenvalue weighted by Crippen LogP contribution is -2.40. The van der Waals surface area contributed by atoms with E-state index in [0.717, 1.165) is 12.0 Å². The van der Waals surface area contributed by atoms with Crippen molar-refractivity contribution in [3.8, 4) is 0 Å². The first-order chi connectivity index (χ1) is 10.4. The van der Waals surface area contributed by atoms with Crippen molar-refractivity contribution >= 4 is 16.0 Å². The zero-order valence-electron chi connectivity index (χ0n) is 13.0. The molecule has 22 heavy (non-hydrogen) atoms. The molecule has 1 aromatic rings. The van der Waals surface area contributed by atoms with Gasteiger partial charge in [-0.05, 0) is 42.9 Å². The smallest absolute Gasteiger partial charge is 0.306 e. The molecule has 0 unspecified atom stereocenters. The van der Waals surface area contributed by atoms with Crippen molar-refractivity contribution in [2.24, 2.45) is 5.92 Å². The van der Waals surface area contributed by atoms with Gasteiger partial charge in [-0.2, -0.15) is 4.31 Å². The fourth-order valence-corrected chi connectivity index (χ4v) is 4.17. The third kappa shape index (κ3) is 3.50. The minimum absolute atomic E-state index is 0.270. The van der Waals surface area contributed by atoms with Crippen molar-refractivity contribution in [2.75, 3.05) is 13.1 Å². The van der Waals surface area contributed by atoms with Crippen LogP contribution >= 0.6 is 0 Å². The Hall–Kier alpha value is -1.40. The maximum atomic E-state index is 12.6. The predicted molar refractivity (Wildman–Crippen MR) is 84.3 cm³/mol. The molecule has 6 heteroatoms. The van der Waals surface area contributed by atoms with Gasteiger partial charge in [0.1, 0.15) is 0 Å². The molecule has 5 nitrogen and oxygen atoms in total. The number of piperidine rings is 1. The summed E-state index contributed by atoms with van der Waals surface area (Å²) in [5, 5.41) is 8.98. The van der Waals surface area contributed by atoms with Gasteiger partial charge in [0.2, 0.25) is 10.0 Å². The van der Waals surface area contributed by atoms with Gasteiger partial charge in [0, 0.05) is 13.1 Å². The van der Waals surface area contributed by atoms with Gasteiger partial charge in [-0.1, -0.05) is 26.0 Å². The number of carbonyl (C=O) groups is 1. The minimum Gasteiger partial charge on any atom is -0.481 e. The Morgan fingerprint density at radius 2 is 1.82 bits per heavy atom. The van der Waals surface area contributed by atoms with Crippen molar-refractivity contribution in [2.45, 2.75) is 43.9 Å². The molecule has 122 valence electrons. The Morgan fingerprint density at radius 3 is 2.27 bits per heavy atom. The van der Waals surface area contributed by atoms with Crippen LogP contribution in [-0.4, -0.2) is 36.9 Å². The second-order valence-corrected chi connectivity index (χ2v) is 7.83. The third-order valence-electron chi connectivity index (χ3n) is 4.50. The van der Waals surface area contributed by atoms with E-state index in [1.54, 1.807) is 12.1 Å². The number of carboxylic acids is 1. The van der Waals surface area contributed by atoms with Crippen LogP contribution in [0.4, 0.5) is 0 Å². The van der Waals surface area contributed by atoms with Crippen LogP contribution in [-0.2, 0) is 14.8 Å². The van der Waals surface area contributed by atoms with E-state index in [9.17, 15) is 13.2 Å². The molecular formula is C16H23NO4S. The van der Waals surface area contributed by atoms with E-state index in [4.69, 9.17) is 5.11 Å². The molecule has 1 atom stereocenters. The number of carboxylic acid groups (broad SMARTS) is 1. The molecule has 0 aromatic heterocycles. The first-order valence-corrected chi connectivity index (χ1v) is 9.13. The van der Waals surface area contributed by atoms with Gasteiger partial charge >= 0.3 is 5.97 Å². The summed E-state index contributed by atoms with van der Waals surface area (Å²) < 4.78 is 26.6. The lowest BCUT2D eigenvalue weighted by atomic mass is 9.99. The Bertz CT molecular complexity index is 616. The van der Waals surface area contributed by atoms with Gasteiger partial charge in [0.25, 0.3) is 0 Å². The molecule has 0 spiro atoms. The van der Waals surface area contributed by atoms with Crippen LogP contribution in [0.5, 0.6) is 0 Å². The van der Waals surface area contributed by atoms with E-state index < -0.39 is 21.9 Å². The largest absolute Gasteiger partial charge is 0.481 e. The minimum atomic E-state index is -3.52. The van der Waals surface area contributed by atoms with Crippen LogP contribution in [0.3, 0.4) is 0 Å². The topological polar surface area (TPSA) is 74.7 Å². The highest BCUT2D eigenvalue weighted by molar-refractivity contribution is 7.89. The third-order valence-corrected chi connectivity index (χ3v) is 6.42. The van der Waals surface area contributed by atoms with Crippen molar-refractivity contribution in [1.29, 1.82) is 0 Å². The first kappa shape index (κ1) is 17.0. The molecule has 0 bridgehead atoms. The monoisotopic (exact) mass is 325 g/mol. The lowest BCUT2D eigenvalue weighted by Gasteiger charge is -2.29. The maximum absolute atomic E-state index is 12.6. The maximum Gasteiger partial charge on any atom is 0.306 e. The molecular weight excluding hydrogens is 302 g/mol. The predicted octanol–water partition coefficient (Wildman–Crippen LogP) is 2.69. The van der Waals surface area contributed by atoms with Crippen LogP contribution in [0.2, 0.25) is 0 Å². The van der Waals surface area contributed by atoms with E-state index in [2.05, 4.69) is 13.8 Å². The number of benzene rings is 1. The van der Waals surface area contributed by atoms with Crippen LogP contribution in [0.1, 0.15) is 44.6 Å². The summed E-state index contributed by atoms with van der Waals surface area (Å²) in [6.07, 6.45) is 1.76. The van der Waals surface area contributed by atoms with Gasteiger partial charge in [-0.15, -0.1) is 0 Å². The van der Waals surface area contributed by atoms with Gasteiger partial charge in [0.15, 0.2) is 0 Å². The van der Waals surface area contributed by atoms with Crippen molar-refractivity contribution in [3.63, 3.8) is 0 Å². The number of aliphatic carboxylic acids is 1. The van der Waals surface area contributed by atoms with E-state index >= 15 is 0 Å². The highest BCUT2D eigenvalue weighted by atomic mass is 32.2. The van der Waals surface area contributed by atoms with Crippen LogP contribution in [0.15, 0.2) is 29.2 Å². The van der Waals surface area contributed by atoms with E-state index in [1.807, 2.05) is 12.1 Å². The number of rotatable bonds is 5. The Balaban J connectivity index is 2.12. The van der Waals surface area contributed by atoms with Crippen molar-refractivity contribution in [3.05, 3.63) is 29.8 Å². The van der Waals surface area contributed by atoms with Gasteiger partial charge < -0.3 is 5.11 Å². The second kappa shape index (κ2) is 6.79. The average Bonchev–Trinajstić information content (AvgIpc) is 2.54. The quantitative estimate of drug-likeness (QED) is 0.903. The Labute approximate surface area is 132 Å². The molecule has 1 aliphatic rings. The molecule has 1 aliphatic heterocycles. The molecule has 1 N–H and O–H groups in total. The van der Waals surface area contributed by atoms with E-state index in [-0.39, 0.29) is 18.0 Å². The summed E-state index contributed by atoms with van der Waals surface area (Å²) in [4.78, 5) is 11.2. The van der Waals surface area contributed by atoms with Crippen LogP contribution in [0.25, 0.3) is 0 Å². The summed E-state index contributed by atoms with van der Waals surface area (Å²) >= 11 is 0. The van der Waals surface area contributed by atoms with Gasteiger partial charge in [-0.25, -0.2) is 8.42 Å². The molecule has 2 rings (SSSR count). The fraction of sp³-hybridized carbons (Fsp3) is 0.562. The van der Waals surface area contributed by atoms with Crippen LogP contribution < -0.4 is 0 Å². The lowest BCUT2D eigenvalue weighted by molar-refractivity contribution is -0.142. The molecule has 1 fully saturated rings. The summed E-state index contributed by atoms with van der Waals surface area (Å²) in [5.41, 5.74) is 1.13. The number of hydrogen-bond donors (Lipinski definition) is 1. The summed E-state index contributed by atoms with van der Waals surface area (Å²) in [6, 6.07) is 7.04. The van der Waals surface area contributed by atoms with E-state index in [0.29, 0.717) is 18.8 Å². The highest BCUT2D eigenvalue weighted by Gasteiger charge is 2.31. The van der Waals surface area contributed by atoms with Gasteiger partial charge in [-0.3, -0.25) is 4.79 Å². The summed E-state index contributed by atoms with van der Waals surface area (Å²) in [7, 11) is -3.52. The average molecular weight is 325 g/mol. The molecule has 0 amide bonds. The molecule has 0 saturated carbocycles. The van der Waals surface area contributed by atoms with Crippen molar-refractivity contribution < 1.29 is 18.3 Å². The first-order valence-electron chi connectivity index (χ1n) is 7.69. The zero-order chi connectivity index (χ0) is 16.3. The second-order valence-electron chi connectivity index (χ2n) is 5.89. The zero-order valence-corrected chi connectivity index (χ0v) is 13.8. The SMILES string of the molecule is CC[C@H](C)c1ccc(S(=O)(=O)N2CCC(C(=O)O)CC2)cc1. The van der Waals surface area contributed by atoms with E-state index in [1.165, 1.54) is 4.31 Å². The summed E-state index contributed by atoms with van der Waals surface area (Å²) in [6.45, 7) is 4.75. The summed E-state index contributed by atoms with van der Waals surface area (Å²) in [5.74, 6) is -0.864. The number of sulfonamides is 1. The normalized spacial score (nSPS) is 19.0.